The zero-order chi connectivity index (χ0) is 23.2. The molecule has 3 unspecified atom stereocenters. The van der Waals surface area contributed by atoms with Crippen molar-refractivity contribution in [3.8, 4) is 5.75 Å². The Balaban J connectivity index is 1.63. The van der Waals surface area contributed by atoms with E-state index < -0.39 is 32.1 Å². The third-order valence-electron chi connectivity index (χ3n) is 6.62. The van der Waals surface area contributed by atoms with Crippen LogP contribution in [-0.4, -0.2) is 26.1 Å². The van der Waals surface area contributed by atoms with Crippen LogP contribution >= 0.6 is 11.6 Å². The van der Waals surface area contributed by atoms with E-state index in [-0.39, 0.29) is 35.3 Å². The molecule has 0 amide bonds. The number of nitrogens with zero attached hydrogens (tertiary/aromatic N) is 1. The Labute approximate surface area is 195 Å². The fraction of sp³-hybridized carbons (Fsp3) is 0.292. The first-order valence-electron chi connectivity index (χ1n) is 10.6. The molecule has 5 nitrogen and oxygen atoms in total. The molecule has 0 spiro atoms. The highest BCUT2D eigenvalue weighted by Crippen LogP contribution is 2.56. The minimum absolute atomic E-state index is 0.0181. The lowest BCUT2D eigenvalue weighted by atomic mass is 9.71. The Kier molecular flexibility index (Phi) is 5.53. The van der Waals surface area contributed by atoms with Crippen molar-refractivity contribution < 1.29 is 21.9 Å². The molecule has 1 saturated carbocycles. The van der Waals surface area contributed by atoms with Crippen LogP contribution in [0.1, 0.15) is 24.8 Å². The van der Waals surface area contributed by atoms with Gasteiger partial charge in [0.1, 0.15) is 16.4 Å². The second-order valence-corrected chi connectivity index (χ2v) is 11.1. The molecular formula is C24H21ClF2N2O3S. The number of hydrogen-bond donors (Lipinski definition) is 1. The summed E-state index contributed by atoms with van der Waals surface area (Å²) in [5.41, 5.74) is -0.218. The highest BCUT2D eigenvalue weighted by atomic mass is 35.5. The lowest BCUT2D eigenvalue weighted by Gasteiger charge is -2.49. The molecule has 2 heterocycles. The third kappa shape index (κ3) is 3.56. The van der Waals surface area contributed by atoms with Gasteiger partial charge in [-0.1, -0.05) is 17.7 Å². The zero-order valence-corrected chi connectivity index (χ0v) is 19.0. The number of hydrogen-bond acceptors (Lipinski definition) is 5. The number of rotatable bonds is 4. The summed E-state index contributed by atoms with van der Waals surface area (Å²) in [6.07, 6.45) is 2.58. The fourth-order valence-corrected chi connectivity index (χ4v) is 7.62. The zero-order valence-electron chi connectivity index (χ0n) is 17.5. The maximum Gasteiger partial charge on any atom is 0.188 e. The van der Waals surface area contributed by atoms with Crippen LogP contribution in [0.3, 0.4) is 0 Å². The molecule has 3 aromatic rings. The summed E-state index contributed by atoms with van der Waals surface area (Å²) in [5, 5.41) is 3.72. The standard InChI is InChI=1S/C24H21ClF2N2O3S/c25-16-4-6-18(7-5-16)33(30,31)24-11-10-17(29-21-3-1-2-12-28-21)13-15(24)14-32-23-20(27)9-8-19(26)22(23)24/h1-9,12,15,17H,10-11,13-14H2,(H,28,29). The van der Waals surface area contributed by atoms with E-state index in [1.54, 1.807) is 12.3 Å². The lowest BCUT2D eigenvalue weighted by molar-refractivity contribution is 0.119. The quantitative estimate of drug-likeness (QED) is 0.533. The second kappa shape index (κ2) is 8.25. The molecule has 1 N–H and O–H groups in total. The van der Waals surface area contributed by atoms with Crippen LogP contribution < -0.4 is 10.1 Å². The molecule has 0 radical (unpaired) electrons. The minimum atomic E-state index is -4.14. The number of anilines is 1. The Bertz CT molecular complexity index is 1290. The van der Waals surface area contributed by atoms with E-state index in [9.17, 15) is 12.8 Å². The molecule has 0 bridgehead atoms. The summed E-state index contributed by atoms with van der Waals surface area (Å²) in [4.78, 5) is 4.30. The molecule has 2 aromatic carbocycles. The van der Waals surface area contributed by atoms with Crippen molar-refractivity contribution in [3.05, 3.63) is 83.0 Å². The summed E-state index contributed by atoms with van der Waals surface area (Å²) in [5.74, 6) is -1.81. The monoisotopic (exact) mass is 490 g/mol. The number of nitrogens with one attached hydrogen (secondary N) is 1. The van der Waals surface area contributed by atoms with Crippen LogP contribution in [0.5, 0.6) is 5.75 Å². The number of pyridine rings is 1. The van der Waals surface area contributed by atoms with Crippen LogP contribution in [0.15, 0.2) is 65.7 Å². The summed E-state index contributed by atoms with van der Waals surface area (Å²) < 4.78 is 62.1. The second-order valence-electron chi connectivity index (χ2n) is 8.42. The lowest BCUT2D eigenvalue weighted by Crippen LogP contribution is -2.54. The molecule has 3 atom stereocenters. The predicted octanol–water partition coefficient (Wildman–Crippen LogP) is 5.36. The van der Waals surface area contributed by atoms with Gasteiger partial charge in [0.2, 0.25) is 0 Å². The van der Waals surface area contributed by atoms with Crippen molar-refractivity contribution in [2.75, 3.05) is 11.9 Å². The Morgan fingerprint density at radius 3 is 2.55 bits per heavy atom. The first kappa shape index (κ1) is 22.1. The highest BCUT2D eigenvalue weighted by Gasteiger charge is 2.59. The molecule has 1 fully saturated rings. The summed E-state index contributed by atoms with van der Waals surface area (Å²) in [6.45, 7) is -0.0411. The van der Waals surface area contributed by atoms with Crippen molar-refractivity contribution in [3.63, 3.8) is 0 Å². The smallest absolute Gasteiger partial charge is 0.188 e. The normalized spacial score (nSPS) is 24.3. The maximum atomic E-state index is 15.3. The van der Waals surface area contributed by atoms with Gasteiger partial charge >= 0.3 is 0 Å². The number of aromatic nitrogens is 1. The van der Waals surface area contributed by atoms with Gasteiger partial charge in [-0.2, -0.15) is 0 Å². The highest BCUT2D eigenvalue weighted by molar-refractivity contribution is 7.92. The van der Waals surface area contributed by atoms with Gasteiger partial charge in [0, 0.05) is 23.2 Å². The molecule has 1 aromatic heterocycles. The van der Waals surface area contributed by atoms with Crippen molar-refractivity contribution >= 4 is 27.3 Å². The van der Waals surface area contributed by atoms with E-state index >= 15 is 4.39 Å². The average Bonchev–Trinajstić information content (AvgIpc) is 2.81. The van der Waals surface area contributed by atoms with E-state index in [4.69, 9.17) is 16.3 Å². The molecule has 2 aliphatic rings. The number of benzene rings is 2. The van der Waals surface area contributed by atoms with Gasteiger partial charge in [0.25, 0.3) is 0 Å². The molecule has 1 aliphatic heterocycles. The van der Waals surface area contributed by atoms with Gasteiger partial charge in [-0.3, -0.25) is 0 Å². The van der Waals surface area contributed by atoms with Crippen LogP contribution in [0.4, 0.5) is 14.6 Å². The summed E-state index contributed by atoms with van der Waals surface area (Å²) in [7, 11) is -4.14. The van der Waals surface area contributed by atoms with E-state index in [0.717, 1.165) is 12.1 Å². The SMILES string of the molecule is O=S(=O)(c1ccc(Cl)cc1)C12CCC(Nc3ccccn3)CC1COc1c(F)ccc(F)c12. The van der Waals surface area contributed by atoms with Crippen molar-refractivity contribution in [1.82, 2.24) is 4.98 Å². The number of sulfone groups is 1. The van der Waals surface area contributed by atoms with Crippen molar-refractivity contribution in [2.24, 2.45) is 5.92 Å². The van der Waals surface area contributed by atoms with Crippen LogP contribution in [0, 0.1) is 17.6 Å². The third-order valence-corrected chi connectivity index (χ3v) is 9.47. The number of ether oxygens (including phenoxy) is 1. The van der Waals surface area contributed by atoms with Gasteiger partial charge in [0.05, 0.1) is 17.1 Å². The largest absolute Gasteiger partial charge is 0.490 e. The fourth-order valence-electron chi connectivity index (χ4n) is 5.13. The van der Waals surface area contributed by atoms with Crippen LogP contribution in [0.2, 0.25) is 5.02 Å². The predicted molar refractivity (Wildman–Crippen MR) is 121 cm³/mol. The first-order chi connectivity index (χ1) is 15.8. The Morgan fingerprint density at radius 1 is 1.06 bits per heavy atom. The molecule has 0 saturated heterocycles. The van der Waals surface area contributed by atoms with E-state index in [1.807, 2.05) is 12.1 Å². The maximum absolute atomic E-state index is 15.3. The Morgan fingerprint density at radius 2 is 1.82 bits per heavy atom. The van der Waals surface area contributed by atoms with Crippen LogP contribution in [0.25, 0.3) is 0 Å². The number of halogens is 3. The molecule has 172 valence electrons. The van der Waals surface area contributed by atoms with Gasteiger partial charge < -0.3 is 10.1 Å². The molecule has 33 heavy (non-hydrogen) atoms. The first-order valence-corrected chi connectivity index (χ1v) is 12.5. The molecule has 1 aliphatic carbocycles. The molecular weight excluding hydrogens is 470 g/mol. The molecule has 5 rings (SSSR count). The average molecular weight is 491 g/mol. The van der Waals surface area contributed by atoms with Gasteiger partial charge in [-0.25, -0.2) is 22.2 Å². The molecule has 9 heteroatoms. The van der Waals surface area contributed by atoms with E-state index in [0.29, 0.717) is 23.7 Å². The van der Waals surface area contributed by atoms with Crippen molar-refractivity contribution in [1.29, 1.82) is 0 Å². The minimum Gasteiger partial charge on any atom is -0.490 e. The van der Waals surface area contributed by atoms with E-state index in [1.165, 1.54) is 24.3 Å². The Hall–Kier alpha value is -2.71. The summed E-state index contributed by atoms with van der Waals surface area (Å²) in [6, 6.07) is 13.1. The summed E-state index contributed by atoms with van der Waals surface area (Å²) >= 11 is 5.97. The number of fused-ring (bicyclic) bond motifs is 3. The van der Waals surface area contributed by atoms with Gasteiger partial charge in [0.15, 0.2) is 21.4 Å². The van der Waals surface area contributed by atoms with Gasteiger partial charge in [-0.15, -0.1) is 0 Å². The van der Waals surface area contributed by atoms with E-state index in [2.05, 4.69) is 10.3 Å². The van der Waals surface area contributed by atoms with Crippen LogP contribution in [-0.2, 0) is 14.6 Å². The topological polar surface area (TPSA) is 68.3 Å². The van der Waals surface area contributed by atoms with Crippen molar-refractivity contribution in [2.45, 2.75) is 34.9 Å². The van der Waals surface area contributed by atoms with Gasteiger partial charge in [-0.05, 0) is 67.8 Å².